The molecule has 0 aliphatic heterocycles. The number of carbonyl (C=O) groups is 1. The largest absolute Gasteiger partial charge is 0.756 e. The Hall–Kier alpha value is -2.32. The molecule has 9 heteroatoms. The topological polar surface area (TPSA) is 108 Å². The molecule has 0 fully saturated rings. The molecule has 0 saturated carbocycles. The molecule has 0 aliphatic carbocycles. The van der Waals surface area contributed by atoms with Gasteiger partial charge in [-0.2, -0.15) is 0 Å². The van der Waals surface area contributed by atoms with Gasteiger partial charge in [-0.3, -0.25) is 9.36 Å². The molecule has 1 amide bonds. The second-order valence-electron chi connectivity index (χ2n) is 19.9. The fraction of sp³-hybridized carbons (Fsp3) is 0.746. The number of nitrogens with zero attached hydrogens (tertiary/aromatic N) is 1. The molecule has 0 spiro atoms. The minimum Gasteiger partial charge on any atom is -0.756 e. The first-order chi connectivity index (χ1) is 33.0. The molecular weight excluding hydrogens is 864 g/mol. The van der Waals surface area contributed by atoms with Crippen LogP contribution in [-0.2, 0) is 18.4 Å². The fourth-order valence-corrected chi connectivity index (χ4v) is 8.47. The Labute approximate surface area is 420 Å². The Morgan fingerprint density at radius 2 is 0.897 bits per heavy atom. The molecule has 0 aromatic heterocycles. The van der Waals surface area contributed by atoms with E-state index in [-0.39, 0.29) is 19.1 Å². The number of likely N-dealkylation sites (N-methyl/N-ethyl adjacent to an activating group) is 1. The molecule has 8 nitrogen and oxygen atoms in total. The van der Waals surface area contributed by atoms with Crippen molar-refractivity contribution in [3.63, 3.8) is 0 Å². The van der Waals surface area contributed by atoms with Crippen molar-refractivity contribution in [3.05, 3.63) is 85.1 Å². The number of unbranched alkanes of at least 4 members (excludes halogenated alkanes) is 25. The van der Waals surface area contributed by atoms with Gasteiger partial charge in [-0.05, 0) is 70.6 Å². The summed E-state index contributed by atoms with van der Waals surface area (Å²) in [7, 11) is 1.26. The number of aliphatic hydroxyl groups is 1. The van der Waals surface area contributed by atoms with Crippen LogP contribution in [0.4, 0.5) is 0 Å². The van der Waals surface area contributed by atoms with Crippen molar-refractivity contribution in [2.24, 2.45) is 0 Å². The molecule has 0 heterocycles. The first-order valence-corrected chi connectivity index (χ1v) is 29.4. The average molecular weight is 971 g/mol. The molecule has 0 aliphatic rings. The summed E-state index contributed by atoms with van der Waals surface area (Å²) < 4.78 is 23.3. The third-order valence-electron chi connectivity index (χ3n) is 12.1. The van der Waals surface area contributed by atoms with E-state index in [1.54, 1.807) is 6.08 Å². The molecule has 0 aromatic rings. The van der Waals surface area contributed by atoms with Crippen LogP contribution in [0.1, 0.15) is 232 Å². The van der Waals surface area contributed by atoms with Crippen molar-refractivity contribution in [2.45, 2.75) is 244 Å². The molecule has 0 saturated heterocycles. The molecule has 0 rings (SSSR count). The van der Waals surface area contributed by atoms with Crippen LogP contribution < -0.4 is 10.2 Å². The molecule has 68 heavy (non-hydrogen) atoms. The van der Waals surface area contributed by atoms with Gasteiger partial charge in [0.1, 0.15) is 13.2 Å². The van der Waals surface area contributed by atoms with E-state index in [9.17, 15) is 19.4 Å². The van der Waals surface area contributed by atoms with Crippen LogP contribution in [0.3, 0.4) is 0 Å². The minimum atomic E-state index is -4.59. The normalized spacial score (nSPS) is 14.6. The zero-order chi connectivity index (χ0) is 49.9. The van der Waals surface area contributed by atoms with Crippen LogP contribution in [0.5, 0.6) is 0 Å². The molecule has 0 bridgehead atoms. The Balaban J connectivity index is 4.09. The number of hydrogen-bond donors (Lipinski definition) is 2. The van der Waals surface area contributed by atoms with Crippen LogP contribution in [-0.4, -0.2) is 68.5 Å². The number of amides is 1. The number of carbonyl (C=O) groups excluding carboxylic acids is 1. The van der Waals surface area contributed by atoms with Crippen molar-refractivity contribution in [3.8, 4) is 0 Å². The smallest absolute Gasteiger partial charge is 0.268 e. The Kier molecular flexibility index (Phi) is 48.0. The van der Waals surface area contributed by atoms with Gasteiger partial charge in [0.15, 0.2) is 0 Å². The van der Waals surface area contributed by atoms with Crippen LogP contribution in [0.25, 0.3) is 0 Å². The maximum absolute atomic E-state index is 12.9. The predicted octanol–water partition coefficient (Wildman–Crippen LogP) is 16.2. The number of allylic oxidation sites excluding steroid dienone is 13. The van der Waals surface area contributed by atoms with E-state index in [1.807, 2.05) is 27.2 Å². The summed E-state index contributed by atoms with van der Waals surface area (Å²) in [5.74, 6) is -0.201. The maximum Gasteiger partial charge on any atom is 0.268 e. The van der Waals surface area contributed by atoms with Gasteiger partial charge in [-0.15, -0.1) is 0 Å². The zero-order valence-electron chi connectivity index (χ0n) is 44.8. The van der Waals surface area contributed by atoms with Crippen LogP contribution in [0.15, 0.2) is 85.1 Å². The van der Waals surface area contributed by atoms with E-state index < -0.39 is 20.0 Å². The molecule has 0 aromatic carbocycles. The van der Waals surface area contributed by atoms with Crippen molar-refractivity contribution in [1.29, 1.82) is 0 Å². The van der Waals surface area contributed by atoms with Gasteiger partial charge in [0, 0.05) is 6.42 Å². The lowest BCUT2D eigenvalue weighted by Gasteiger charge is -2.29. The summed E-state index contributed by atoms with van der Waals surface area (Å²) in [6, 6.07) is -0.889. The highest BCUT2D eigenvalue weighted by Gasteiger charge is 2.23. The third kappa shape index (κ3) is 51.5. The molecule has 3 atom stereocenters. The Bertz CT molecular complexity index is 1380. The third-order valence-corrected chi connectivity index (χ3v) is 13.1. The SMILES string of the molecule is CC/C=C\C/C=C\C/C=C\C/C=C\C/C=C\C/C=C\CCCCCCCCCCCCCCCCC(=O)NC(COP(=O)([O-])OCC[N+](C)(C)C)C(O)/C=C/CCCCCCCCCCCCC. The second kappa shape index (κ2) is 49.7. The van der Waals surface area contributed by atoms with E-state index in [1.165, 1.54) is 135 Å². The number of rotatable bonds is 50. The van der Waals surface area contributed by atoms with Gasteiger partial charge in [-0.25, -0.2) is 0 Å². The summed E-state index contributed by atoms with van der Waals surface area (Å²) in [5.41, 5.74) is 0. The standard InChI is InChI=1S/C59H107N2O6P/c1-6-8-10-12-14-16-18-20-21-22-23-24-25-26-27-28-29-30-31-32-33-34-35-36-37-38-39-41-43-45-47-49-51-53-59(63)60-57(56-67-68(64,65)66-55-54-61(3,4)5)58(62)52-50-48-46-44-42-40-19-17-15-13-11-9-7-2/h8,10,14,16,20-21,23-24,26-27,29-30,50,52,57-58,62H,6-7,9,11-13,15,17-19,22,25,28,31-49,51,53-56H2,1-5H3,(H-,60,63,64,65)/b10-8-,16-14-,21-20-,24-23-,27-26-,30-29-,52-50+. The molecule has 2 N–H and O–H groups in total. The zero-order valence-corrected chi connectivity index (χ0v) is 45.7. The second-order valence-corrected chi connectivity index (χ2v) is 21.3. The first-order valence-electron chi connectivity index (χ1n) is 27.9. The fourth-order valence-electron chi connectivity index (χ4n) is 7.74. The highest BCUT2D eigenvalue weighted by Crippen LogP contribution is 2.38. The first kappa shape index (κ1) is 65.7. The van der Waals surface area contributed by atoms with Crippen LogP contribution >= 0.6 is 7.82 Å². The predicted molar refractivity (Wildman–Crippen MR) is 293 cm³/mol. The summed E-state index contributed by atoms with van der Waals surface area (Å²) in [6.45, 7) is 4.53. The van der Waals surface area contributed by atoms with E-state index >= 15 is 0 Å². The average Bonchev–Trinajstić information content (AvgIpc) is 3.30. The van der Waals surface area contributed by atoms with E-state index in [0.29, 0.717) is 17.4 Å². The van der Waals surface area contributed by atoms with E-state index in [0.717, 1.165) is 77.0 Å². The van der Waals surface area contributed by atoms with E-state index in [4.69, 9.17) is 9.05 Å². The number of hydrogen-bond acceptors (Lipinski definition) is 6. The van der Waals surface area contributed by atoms with Crippen molar-refractivity contribution < 1.29 is 32.9 Å². The van der Waals surface area contributed by atoms with Crippen molar-refractivity contribution >= 4 is 13.7 Å². The maximum atomic E-state index is 12.9. The van der Waals surface area contributed by atoms with Crippen LogP contribution in [0, 0.1) is 0 Å². The summed E-state index contributed by atoms with van der Waals surface area (Å²) in [5, 5.41) is 13.8. The van der Waals surface area contributed by atoms with Crippen LogP contribution in [0.2, 0.25) is 0 Å². The van der Waals surface area contributed by atoms with E-state index in [2.05, 4.69) is 92.1 Å². The molecule has 0 radical (unpaired) electrons. The van der Waals surface area contributed by atoms with Gasteiger partial charge in [0.2, 0.25) is 5.91 Å². The lowest BCUT2D eigenvalue weighted by Crippen LogP contribution is -2.45. The number of phosphoric acid groups is 1. The molecule has 3 unspecified atom stereocenters. The minimum absolute atomic E-state index is 0.00352. The summed E-state index contributed by atoms with van der Waals surface area (Å²) >= 11 is 0. The quantitative estimate of drug-likeness (QED) is 0.0272. The number of quaternary nitrogens is 1. The van der Waals surface area contributed by atoms with Gasteiger partial charge < -0.3 is 28.8 Å². The lowest BCUT2D eigenvalue weighted by molar-refractivity contribution is -0.870. The highest BCUT2D eigenvalue weighted by atomic mass is 31.2. The Morgan fingerprint density at radius 1 is 0.529 bits per heavy atom. The lowest BCUT2D eigenvalue weighted by atomic mass is 10.0. The van der Waals surface area contributed by atoms with Crippen molar-refractivity contribution in [2.75, 3.05) is 40.9 Å². The highest BCUT2D eigenvalue weighted by molar-refractivity contribution is 7.45. The monoisotopic (exact) mass is 971 g/mol. The Morgan fingerprint density at radius 3 is 1.31 bits per heavy atom. The van der Waals surface area contributed by atoms with Gasteiger partial charge in [0.25, 0.3) is 7.82 Å². The summed E-state index contributed by atoms with van der Waals surface area (Å²) in [4.78, 5) is 25.4. The number of nitrogens with one attached hydrogen (secondary N) is 1. The molecular formula is C59H107N2O6P. The molecule has 394 valence electrons. The van der Waals surface area contributed by atoms with Gasteiger partial charge in [-0.1, -0.05) is 240 Å². The number of phosphoric ester groups is 1. The summed E-state index contributed by atoms with van der Waals surface area (Å²) in [6.07, 6.45) is 69.4. The van der Waals surface area contributed by atoms with Gasteiger partial charge >= 0.3 is 0 Å². The number of aliphatic hydroxyl groups excluding tert-OH is 1. The van der Waals surface area contributed by atoms with Gasteiger partial charge in [0.05, 0.1) is 39.9 Å². The van der Waals surface area contributed by atoms with Crippen molar-refractivity contribution in [1.82, 2.24) is 5.32 Å².